The van der Waals surface area contributed by atoms with Crippen molar-refractivity contribution in [3.05, 3.63) is 29.3 Å². The lowest BCUT2D eigenvalue weighted by Crippen LogP contribution is -2.17. The molecule has 1 atom stereocenters. The molecule has 0 fully saturated rings. The Labute approximate surface area is 79.6 Å². The molecule has 72 valence electrons. The second-order valence-corrected chi connectivity index (χ2v) is 3.33. The van der Waals surface area contributed by atoms with Crippen LogP contribution in [0.4, 0.5) is 0 Å². The number of phenols is 1. The standard InChI is InChI=1S/C11H17NO/c1-4-12-9(3)10-5-6-11(13)8(2)7-10/h5-7,9,12-13H,4H2,1-3H3. The van der Waals surface area contributed by atoms with Crippen molar-refractivity contribution in [2.75, 3.05) is 6.54 Å². The molecule has 1 aromatic carbocycles. The Kier molecular flexibility index (Phi) is 3.32. The molecule has 0 heterocycles. The minimum absolute atomic E-state index is 0.351. The maximum atomic E-state index is 9.33. The zero-order valence-corrected chi connectivity index (χ0v) is 8.46. The highest BCUT2D eigenvalue weighted by molar-refractivity contribution is 5.36. The van der Waals surface area contributed by atoms with Crippen molar-refractivity contribution in [2.24, 2.45) is 0 Å². The third-order valence-corrected chi connectivity index (χ3v) is 2.23. The fourth-order valence-corrected chi connectivity index (χ4v) is 1.37. The average molecular weight is 179 g/mol. The largest absolute Gasteiger partial charge is 0.508 e. The van der Waals surface area contributed by atoms with Crippen LogP contribution in [0.2, 0.25) is 0 Å². The van der Waals surface area contributed by atoms with E-state index < -0.39 is 0 Å². The van der Waals surface area contributed by atoms with Gasteiger partial charge in [0.2, 0.25) is 0 Å². The summed E-state index contributed by atoms with van der Waals surface area (Å²) in [6.45, 7) is 7.08. The summed E-state index contributed by atoms with van der Waals surface area (Å²) in [5.41, 5.74) is 2.15. The van der Waals surface area contributed by atoms with Crippen LogP contribution in [-0.2, 0) is 0 Å². The maximum Gasteiger partial charge on any atom is 0.118 e. The maximum absolute atomic E-state index is 9.33. The monoisotopic (exact) mass is 179 g/mol. The molecular formula is C11H17NO. The van der Waals surface area contributed by atoms with E-state index in [9.17, 15) is 5.11 Å². The first-order chi connectivity index (χ1) is 6.15. The van der Waals surface area contributed by atoms with Gasteiger partial charge in [0.15, 0.2) is 0 Å². The lowest BCUT2D eigenvalue weighted by molar-refractivity contribution is 0.470. The minimum atomic E-state index is 0.351. The van der Waals surface area contributed by atoms with Crippen LogP contribution in [0.15, 0.2) is 18.2 Å². The van der Waals surface area contributed by atoms with Crippen molar-refractivity contribution in [1.82, 2.24) is 5.32 Å². The van der Waals surface area contributed by atoms with Crippen LogP contribution in [0.3, 0.4) is 0 Å². The molecule has 0 bridgehead atoms. The van der Waals surface area contributed by atoms with E-state index in [0.717, 1.165) is 12.1 Å². The lowest BCUT2D eigenvalue weighted by atomic mass is 10.1. The van der Waals surface area contributed by atoms with Crippen molar-refractivity contribution < 1.29 is 5.11 Å². The fourth-order valence-electron chi connectivity index (χ4n) is 1.37. The van der Waals surface area contributed by atoms with E-state index in [1.807, 2.05) is 19.1 Å². The highest BCUT2D eigenvalue weighted by atomic mass is 16.3. The van der Waals surface area contributed by atoms with E-state index in [2.05, 4.69) is 19.2 Å². The van der Waals surface area contributed by atoms with Crippen LogP contribution in [0, 0.1) is 6.92 Å². The van der Waals surface area contributed by atoms with Crippen LogP contribution in [0.5, 0.6) is 5.75 Å². The molecule has 0 aliphatic rings. The van der Waals surface area contributed by atoms with Crippen LogP contribution < -0.4 is 5.32 Å². The van der Waals surface area contributed by atoms with Gasteiger partial charge in [0, 0.05) is 6.04 Å². The van der Waals surface area contributed by atoms with Gasteiger partial charge in [-0.15, -0.1) is 0 Å². The zero-order chi connectivity index (χ0) is 9.84. The second kappa shape index (κ2) is 4.28. The highest BCUT2D eigenvalue weighted by Crippen LogP contribution is 2.20. The number of rotatable bonds is 3. The van der Waals surface area contributed by atoms with Crippen molar-refractivity contribution in [1.29, 1.82) is 0 Å². The summed E-state index contributed by atoms with van der Waals surface area (Å²) < 4.78 is 0. The Morgan fingerprint density at radius 1 is 1.46 bits per heavy atom. The quantitative estimate of drug-likeness (QED) is 0.746. The molecule has 2 heteroatoms. The van der Waals surface area contributed by atoms with Gasteiger partial charge >= 0.3 is 0 Å². The first kappa shape index (κ1) is 10.1. The molecule has 0 amide bonds. The molecule has 0 aliphatic carbocycles. The number of benzene rings is 1. The second-order valence-electron chi connectivity index (χ2n) is 3.33. The van der Waals surface area contributed by atoms with Gasteiger partial charge in [-0.05, 0) is 37.6 Å². The van der Waals surface area contributed by atoms with Gasteiger partial charge in [0.25, 0.3) is 0 Å². The molecule has 0 saturated heterocycles. The summed E-state index contributed by atoms with van der Waals surface area (Å²) in [4.78, 5) is 0. The first-order valence-electron chi connectivity index (χ1n) is 4.68. The van der Waals surface area contributed by atoms with E-state index in [4.69, 9.17) is 0 Å². The molecule has 2 N–H and O–H groups in total. The third kappa shape index (κ3) is 2.46. The van der Waals surface area contributed by atoms with Gasteiger partial charge < -0.3 is 10.4 Å². The normalized spacial score (nSPS) is 12.8. The molecule has 1 rings (SSSR count). The van der Waals surface area contributed by atoms with Gasteiger partial charge in [-0.25, -0.2) is 0 Å². The number of hydrogen-bond donors (Lipinski definition) is 2. The minimum Gasteiger partial charge on any atom is -0.508 e. The molecule has 0 saturated carbocycles. The lowest BCUT2D eigenvalue weighted by Gasteiger charge is -2.13. The number of aromatic hydroxyl groups is 1. The van der Waals surface area contributed by atoms with Gasteiger partial charge in [-0.1, -0.05) is 19.1 Å². The smallest absolute Gasteiger partial charge is 0.118 e. The van der Waals surface area contributed by atoms with Crippen LogP contribution in [0.1, 0.15) is 31.0 Å². The van der Waals surface area contributed by atoms with Crippen molar-refractivity contribution in [2.45, 2.75) is 26.8 Å². The molecular weight excluding hydrogens is 162 g/mol. The summed E-state index contributed by atoms with van der Waals surface area (Å²) in [5, 5.41) is 12.7. The Hall–Kier alpha value is -1.02. The molecule has 0 aliphatic heterocycles. The fraction of sp³-hybridized carbons (Fsp3) is 0.455. The van der Waals surface area contributed by atoms with E-state index in [0.29, 0.717) is 11.8 Å². The molecule has 13 heavy (non-hydrogen) atoms. The van der Waals surface area contributed by atoms with E-state index in [1.54, 1.807) is 6.07 Å². The predicted octanol–water partition coefficient (Wildman–Crippen LogP) is 2.37. The van der Waals surface area contributed by atoms with Crippen molar-refractivity contribution >= 4 is 0 Å². The summed E-state index contributed by atoms with van der Waals surface area (Å²) in [6, 6.07) is 6.07. The van der Waals surface area contributed by atoms with E-state index in [-0.39, 0.29) is 0 Å². The van der Waals surface area contributed by atoms with Gasteiger partial charge in [0.1, 0.15) is 5.75 Å². The summed E-state index contributed by atoms with van der Waals surface area (Å²) in [5.74, 6) is 0.368. The number of aryl methyl sites for hydroxylation is 1. The Balaban J connectivity index is 2.84. The third-order valence-electron chi connectivity index (χ3n) is 2.23. The predicted molar refractivity (Wildman–Crippen MR) is 54.9 cm³/mol. The SMILES string of the molecule is CCNC(C)c1ccc(O)c(C)c1. The number of nitrogens with one attached hydrogen (secondary N) is 1. The molecule has 0 radical (unpaired) electrons. The molecule has 1 unspecified atom stereocenters. The Bertz CT molecular complexity index is 283. The molecule has 0 spiro atoms. The molecule has 2 nitrogen and oxygen atoms in total. The van der Waals surface area contributed by atoms with Crippen LogP contribution >= 0.6 is 0 Å². The summed E-state index contributed by atoms with van der Waals surface area (Å²) in [6.07, 6.45) is 0. The average Bonchev–Trinajstić information content (AvgIpc) is 2.10. The van der Waals surface area contributed by atoms with Crippen LogP contribution in [-0.4, -0.2) is 11.7 Å². The number of hydrogen-bond acceptors (Lipinski definition) is 2. The van der Waals surface area contributed by atoms with Gasteiger partial charge in [0.05, 0.1) is 0 Å². The highest BCUT2D eigenvalue weighted by Gasteiger charge is 2.04. The van der Waals surface area contributed by atoms with Crippen LogP contribution in [0.25, 0.3) is 0 Å². The van der Waals surface area contributed by atoms with Gasteiger partial charge in [-0.2, -0.15) is 0 Å². The Morgan fingerprint density at radius 2 is 2.15 bits per heavy atom. The van der Waals surface area contributed by atoms with Crippen molar-refractivity contribution in [3.8, 4) is 5.75 Å². The van der Waals surface area contributed by atoms with Gasteiger partial charge in [-0.3, -0.25) is 0 Å². The molecule has 0 aromatic heterocycles. The summed E-state index contributed by atoms with van der Waals surface area (Å²) >= 11 is 0. The van der Waals surface area contributed by atoms with E-state index in [1.165, 1.54) is 5.56 Å². The zero-order valence-electron chi connectivity index (χ0n) is 8.46. The topological polar surface area (TPSA) is 32.3 Å². The van der Waals surface area contributed by atoms with Crippen molar-refractivity contribution in [3.63, 3.8) is 0 Å². The number of phenolic OH excluding ortho intramolecular Hbond substituents is 1. The molecule has 1 aromatic rings. The first-order valence-corrected chi connectivity index (χ1v) is 4.68. The summed E-state index contributed by atoms with van der Waals surface area (Å²) in [7, 11) is 0. The Morgan fingerprint density at radius 3 is 2.69 bits per heavy atom. The van der Waals surface area contributed by atoms with E-state index >= 15 is 0 Å².